The van der Waals surface area contributed by atoms with Gasteiger partial charge in [0.1, 0.15) is 12.0 Å². The molecule has 0 aliphatic carbocycles. The predicted octanol–water partition coefficient (Wildman–Crippen LogP) is 3.42. The van der Waals surface area contributed by atoms with Crippen LogP contribution in [0.2, 0.25) is 0 Å². The number of rotatable bonds is 6. The van der Waals surface area contributed by atoms with Crippen molar-refractivity contribution in [3.8, 4) is 5.75 Å². The van der Waals surface area contributed by atoms with Crippen LogP contribution in [0, 0.1) is 0 Å². The molecule has 1 heterocycles. The standard InChI is InChI=1S/C22H27NO2.H2O4S/c1-23-16-7-6-14-22(23,15-12-19-9-3-5-11-21(19)25)20-10-4-2-8-18(20)13-17-24;1-5(2,3)4/h2-5,8-11,17,25H,6-7,12-16H2,1H3;(H2,1,2,3,4). The summed E-state index contributed by atoms with van der Waals surface area (Å²) in [4.78, 5) is 13.6. The molecule has 2 aromatic carbocycles. The number of aromatic hydroxyl groups is 1. The van der Waals surface area contributed by atoms with E-state index in [9.17, 15) is 9.90 Å². The zero-order valence-electron chi connectivity index (χ0n) is 17.1. The molecule has 2 aromatic rings. The molecule has 1 fully saturated rings. The number of hydrogen-bond donors (Lipinski definition) is 3. The molecular weight excluding hydrogens is 406 g/mol. The number of hydrogen-bond acceptors (Lipinski definition) is 5. The summed E-state index contributed by atoms with van der Waals surface area (Å²) in [7, 11) is -2.47. The quantitative estimate of drug-likeness (QED) is 0.470. The highest BCUT2D eigenvalue weighted by atomic mass is 32.3. The van der Waals surface area contributed by atoms with Crippen molar-refractivity contribution >= 4 is 16.7 Å². The molecule has 0 spiro atoms. The lowest BCUT2D eigenvalue weighted by Gasteiger charge is -2.47. The smallest absolute Gasteiger partial charge is 0.394 e. The van der Waals surface area contributed by atoms with E-state index in [0.29, 0.717) is 12.2 Å². The molecule has 1 unspecified atom stereocenters. The Morgan fingerprint density at radius 2 is 1.63 bits per heavy atom. The van der Waals surface area contributed by atoms with Gasteiger partial charge < -0.3 is 9.90 Å². The number of phenols is 1. The molecule has 0 saturated carbocycles. The predicted molar refractivity (Wildman–Crippen MR) is 115 cm³/mol. The van der Waals surface area contributed by atoms with E-state index in [1.165, 1.54) is 18.4 Å². The second-order valence-electron chi connectivity index (χ2n) is 7.51. The largest absolute Gasteiger partial charge is 0.508 e. The number of likely N-dealkylation sites (tertiary alicyclic amines) is 1. The molecule has 3 N–H and O–H groups in total. The molecule has 0 bridgehead atoms. The molecule has 7 nitrogen and oxygen atoms in total. The summed E-state index contributed by atoms with van der Waals surface area (Å²) in [5.41, 5.74) is 3.33. The van der Waals surface area contributed by atoms with E-state index in [1.807, 2.05) is 24.3 Å². The third-order valence-corrected chi connectivity index (χ3v) is 5.69. The van der Waals surface area contributed by atoms with Gasteiger partial charge in [0.25, 0.3) is 0 Å². The Kier molecular flexibility index (Phi) is 8.54. The van der Waals surface area contributed by atoms with E-state index < -0.39 is 10.4 Å². The number of para-hydroxylation sites is 1. The number of phenolic OH excluding ortho intramolecular Hbond substituents is 1. The number of carbonyl (C=O) groups is 1. The van der Waals surface area contributed by atoms with Crippen molar-refractivity contribution in [1.82, 2.24) is 4.90 Å². The van der Waals surface area contributed by atoms with Gasteiger partial charge in [-0.2, -0.15) is 8.42 Å². The Morgan fingerprint density at radius 3 is 2.23 bits per heavy atom. The number of piperidine rings is 1. The molecule has 8 heteroatoms. The second kappa shape index (κ2) is 10.7. The van der Waals surface area contributed by atoms with Crippen molar-refractivity contribution in [1.29, 1.82) is 0 Å². The zero-order chi connectivity index (χ0) is 22.2. The van der Waals surface area contributed by atoms with Gasteiger partial charge in [0, 0.05) is 12.0 Å². The maximum Gasteiger partial charge on any atom is 0.394 e. The number of carbonyl (C=O) groups excluding carboxylic acids is 1. The molecule has 3 rings (SSSR count). The van der Waals surface area contributed by atoms with Crippen molar-refractivity contribution < 1.29 is 27.4 Å². The summed E-state index contributed by atoms with van der Waals surface area (Å²) in [6, 6.07) is 16.0. The monoisotopic (exact) mass is 435 g/mol. The topological polar surface area (TPSA) is 115 Å². The lowest BCUT2D eigenvalue weighted by Crippen LogP contribution is -2.48. The van der Waals surface area contributed by atoms with Gasteiger partial charge >= 0.3 is 10.4 Å². The summed E-state index contributed by atoms with van der Waals surface area (Å²) in [6.45, 7) is 1.07. The normalized spacial score (nSPS) is 19.6. The van der Waals surface area contributed by atoms with Gasteiger partial charge in [0.2, 0.25) is 0 Å². The molecule has 1 aliphatic heterocycles. The lowest BCUT2D eigenvalue weighted by atomic mass is 9.74. The first-order valence-electron chi connectivity index (χ1n) is 9.87. The Bertz CT molecular complexity index is 938. The SMILES string of the molecule is CN1CCCCC1(CCc1ccccc1O)c1ccccc1CC=O.O=S(=O)(O)O. The minimum Gasteiger partial charge on any atom is -0.508 e. The molecule has 0 aromatic heterocycles. The fourth-order valence-corrected chi connectivity index (χ4v) is 4.27. The fourth-order valence-electron chi connectivity index (χ4n) is 4.27. The van der Waals surface area contributed by atoms with Crippen LogP contribution in [0.5, 0.6) is 5.75 Å². The van der Waals surface area contributed by atoms with E-state index in [-0.39, 0.29) is 5.54 Å². The number of nitrogens with zero attached hydrogens (tertiary/aromatic N) is 1. The van der Waals surface area contributed by atoms with E-state index in [2.05, 4.69) is 30.1 Å². The maximum atomic E-state index is 11.2. The van der Waals surface area contributed by atoms with Crippen molar-refractivity contribution in [2.75, 3.05) is 13.6 Å². The molecular formula is C22H29NO6S. The molecule has 164 valence electrons. The number of benzene rings is 2. The van der Waals surface area contributed by atoms with Gasteiger partial charge in [-0.15, -0.1) is 0 Å². The van der Waals surface area contributed by atoms with Gasteiger partial charge in [-0.25, -0.2) is 0 Å². The van der Waals surface area contributed by atoms with Crippen LogP contribution < -0.4 is 0 Å². The highest BCUT2D eigenvalue weighted by Crippen LogP contribution is 2.42. The van der Waals surface area contributed by atoms with Crippen molar-refractivity contribution in [2.45, 2.75) is 44.1 Å². The van der Waals surface area contributed by atoms with Crippen LogP contribution >= 0.6 is 0 Å². The molecule has 0 amide bonds. The Labute approximate surface area is 177 Å². The minimum atomic E-state index is -4.67. The molecule has 0 radical (unpaired) electrons. The second-order valence-corrected chi connectivity index (χ2v) is 8.41. The van der Waals surface area contributed by atoms with Crippen LogP contribution in [-0.2, 0) is 33.6 Å². The third-order valence-electron chi connectivity index (χ3n) is 5.69. The highest BCUT2D eigenvalue weighted by Gasteiger charge is 2.39. The first kappa shape index (κ1) is 24.0. The van der Waals surface area contributed by atoms with Gasteiger partial charge in [0.05, 0.1) is 0 Å². The van der Waals surface area contributed by atoms with E-state index in [0.717, 1.165) is 43.2 Å². The van der Waals surface area contributed by atoms with Crippen molar-refractivity contribution in [3.63, 3.8) is 0 Å². The van der Waals surface area contributed by atoms with Crippen LogP contribution in [0.25, 0.3) is 0 Å². The van der Waals surface area contributed by atoms with Gasteiger partial charge in [-0.3, -0.25) is 14.0 Å². The summed E-state index contributed by atoms with van der Waals surface area (Å²) < 4.78 is 31.6. The lowest BCUT2D eigenvalue weighted by molar-refractivity contribution is -0.107. The van der Waals surface area contributed by atoms with Crippen LogP contribution in [0.3, 0.4) is 0 Å². The van der Waals surface area contributed by atoms with Crippen molar-refractivity contribution in [3.05, 3.63) is 65.2 Å². The molecule has 1 atom stereocenters. The average molecular weight is 436 g/mol. The van der Waals surface area contributed by atoms with Crippen LogP contribution in [0.1, 0.15) is 42.4 Å². The first-order chi connectivity index (χ1) is 14.2. The molecule has 1 aliphatic rings. The Balaban J connectivity index is 0.000000575. The maximum absolute atomic E-state index is 11.2. The summed E-state index contributed by atoms with van der Waals surface area (Å²) in [5.74, 6) is 0.372. The average Bonchev–Trinajstić information content (AvgIpc) is 2.68. The third kappa shape index (κ3) is 6.63. The zero-order valence-corrected chi connectivity index (χ0v) is 17.9. The Hall–Kier alpha value is -2.26. The number of aldehydes is 1. The first-order valence-corrected chi connectivity index (χ1v) is 11.3. The highest BCUT2D eigenvalue weighted by molar-refractivity contribution is 7.79. The van der Waals surface area contributed by atoms with Crippen molar-refractivity contribution in [2.24, 2.45) is 0 Å². The van der Waals surface area contributed by atoms with E-state index in [1.54, 1.807) is 6.07 Å². The van der Waals surface area contributed by atoms with E-state index in [4.69, 9.17) is 17.5 Å². The Morgan fingerprint density at radius 1 is 1.03 bits per heavy atom. The fraction of sp³-hybridized carbons (Fsp3) is 0.409. The summed E-state index contributed by atoms with van der Waals surface area (Å²) >= 11 is 0. The number of aryl methyl sites for hydroxylation is 1. The van der Waals surface area contributed by atoms with Gasteiger partial charge in [-0.05, 0) is 68.5 Å². The molecule has 30 heavy (non-hydrogen) atoms. The van der Waals surface area contributed by atoms with Crippen LogP contribution in [0.15, 0.2) is 48.5 Å². The summed E-state index contributed by atoms with van der Waals surface area (Å²) in [6.07, 6.45) is 6.72. The van der Waals surface area contributed by atoms with E-state index >= 15 is 0 Å². The van der Waals surface area contributed by atoms with Crippen LogP contribution in [0.4, 0.5) is 0 Å². The minimum absolute atomic E-state index is 0.0693. The van der Waals surface area contributed by atoms with Crippen LogP contribution in [-0.4, -0.2) is 47.4 Å². The molecule has 1 saturated heterocycles. The summed E-state index contributed by atoms with van der Waals surface area (Å²) in [5, 5.41) is 10.1. The van der Waals surface area contributed by atoms with Gasteiger partial charge in [0.15, 0.2) is 0 Å². The van der Waals surface area contributed by atoms with Gasteiger partial charge in [-0.1, -0.05) is 42.5 Å².